The number of carbonyl (C=O) groups is 1. The van der Waals surface area contributed by atoms with Crippen LogP contribution in [-0.4, -0.2) is 11.1 Å². The van der Waals surface area contributed by atoms with E-state index in [1.54, 1.807) is 0 Å². The molecule has 1 aromatic rings. The van der Waals surface area contributed by atoms with Crippen LogP contribution in [0.2, 0.25) is 0 Å². The van der Waals surface area contributed by atoms with Gasteiger partial charge in [-0.25, -0.2) is 0 Å². The molecule has 4 nitrogen and oxygen atoms in total. The molecule has 1 aromatic heterocycles. The molecule has 1 atom stereocenters. The van der Waals surface area contributed by atoms with Gasteiger partial charge in [0.05, 0.1) is 11.5 Å². The molecule has 0 bridgehead atoms. The minimum Gasteiger partial charge on any atom is -0.481 e. The molecule has 0 saturated carbocycles. The third kappa shape index (κ3) is 1.47. The van der Waals surface area contributed by atoms with Crippen LogP contribution in [0.5, 0.6) is 0 Å². The van der Waals surface area contributed by atoms with E-state index in [9.17, 15) is 4.79 Å². The quantitative estimate of drug-likeness (QED) is 0.757. The van der Waals surface area contributed by atoms with Gasteiger partial charge in [-0.15, -0.1) is 11.3 Å². The molecule has 0 spiro atoms. The Kier molecular flexibility index (Phi) is 2.37. The van der Waals surface area contributed by atoms with Gasteiger partial charge in [-0.1, -0.05) is 0 Å². The summed E-state index contributed by atoms with van der Waals surface area (Å²) >= 11 is 1.35. The van der Waals surface area contributed by atoms with Crippen LogP contribution in [0.1, 0.15) is 34.8 Å². The molecule has 0 saturated heterocycles. The number of hydrogen-bond acceptors (Lipinski definition) is 4. The molecule has 0 fully saturated rings. The highest BCUT2D eigenvalue weighted by Crippen LogP contribution is 2.41. The van der Waals surface area contributed by atoms with Crippen LogP contribution in [0.25, 0.3) is 0 Å². The number of fused-ring (bicyclic) bond motifs is 1. The summed E-state index contributed by atoms with van der Waals surface area (Å²) in [5.41, 5.74) is 6.74. The lowest BCUT2D eigenvalue weighted by atomic mass is 9.85. The molecule has 0 amide bonds. The summed E-state index contributed by atoms with van der Waals surface area (Å²) in [7, 11) is 0. The average molecular weight is 222 g/mol. The maximum absolute atomic E-state index is 11.0. The second-order valence-corrected chi connectivity index (χ2v) is 4.71. The number of thiophene rings is 1. The Morgan fingerprint density at radius 2 is 2.40 bits per heavy atom. The van der Waals surface area contributed by atoms with E-state index in [1.165, 1.54) is 11.3 Å². The number of nitrogens with two attached hydrogens (primary N) is 1. The first-order valence-corrected chi connectivity index (χ1v) is 5.50. The lowest BCUT2D eigenvalue weighted by molar-refractivity contribution is -0.139. The second kappa shape index (κ2) is 3.55. The van der Waals surface area contributed by atoms with Gasteiger partial charge in [-0.05, 0) is 19.3 Å². The van der Waals surface area contributed by atoms with Crippen molar-refractivity contribution in [2.75, 3.05) is 5.73 Å². The van der Waals surface area contributed by atoms with Gasteiger partial charge in [0, 0.05) is 10.4 Å². The Hall–Kier alpha value is -1.54. The monoisotopic (exact) mass is 222 g/mol. The number of nitriles is 1. The minimum absolute atomic E-state index is 0.377. The SMILES string of the molecule is N#Cc1c(N)sc2c1[C@H](C(=O)O)CCC2. The number of carboxylic acid groups (broad SMARTS) is 1. The highest BCUT2D eigenvalue weighted by Gasteiger charge is 2.31. The maximum atomic E-state index is 11.0. The molecule has 3 N–H and O–H groups in total. The Morgan fingerprint density at radius 3 is 3.00 bits per heavy atom. The van der Waals surface area contributed by atoms with Crippen LogP contribution in [0.15, 0.2) is 0 Å². The number of rotatable bonds is 1. The normalized spacial score (nSPS) is 19.3. The van der Waals surface area contributed by atoms with Gasteiger partial charge in [0.1, 0.15) is 11.1 Å². The first-order valence-electron chi connectivity index (χ1n) is 4.69. The number of aliphatic carboxylic acids is 1. The van der Waals surface area contributed by atoms with Crippen LogP contribution in [-0.2, 0) is 11.2 Å². The van der Waals surface area contributed by atoms with Crippen LogP contribution in [0.4, 0.5) is 5.00 Å². The summed E-state index contributed by atoms with van der Waals surface area (Å²) < 4.78 is 0. The van der Waals surface area contributed by atoms with Gasteiger partial charge < -0.3 is 10.8 Å². The van der Waals surface area contributed by atoms with Gasteiger partial charge in [-0.2, -0.15) is 5.26 Å². The molecule has 0 radical (unpaired) electrons. The van der Waals surface area contributed by atoms with Crippen LogP contribution < -0.4 is 5.73 Å². The molecule has 0 aliphatic heterocycles. The first-order chi connectivity index (χ1) is 7.15. The van der Waals surface area contributed by atoms with Gasteiger partial charge in [-0.3, -0.25) is 4.79 Å². The predicted octanol–water partition coefficient (Wildman–Crippen LogP) is 1.71. The summed E-state index contributed by atoms with van der Waals surface area (Å²) in [5, 5.41) is 18.5. The molecule has 15 heavy (non-hydrogen) atoms. The number of nitrogens with zero attached hydrogens (tertiary/aromatic N) is 1. The molecule has 0 unspecified atom stereocenters. The molecule has 1 aliphatic rings. The second-order valence-electron chi connectivity index (χ2n) is 3.57. The van der Waals surface area contributed by atoms with Crippen LogP contribution in [0, 0.1) is 11.3 Å². The van der Waals surface area contributed by atoms with E-state index < -0.39 is 11.9 Å². The number of carboxylic acids is 1. The van der Waals surface area contributed by atoms with Crippen molar-refractivity contribution in [3.05, 3.63) is 16.0 Å². The maximum Gasteiger partial charge on any atom is 0.311 e. The Bertz CT molecular complexity index is 459. The van der Waals surface area contributed by atoms with E-state index in [4.69, 9.17) is 16.1 Å². The molecule has 2 rings (SSSR count). The molecular weight excluding hydrogens is 212 g/mol. The number of anilines is 1. The fourth-order valence-electron chi connectivity index (χ4n) is 2.04. The largest absolute Gasteiger partial charge is 0.481 e. The van der Waals surface area contributed by atoms with Gasteiger partial charge in [0.25, 0.3) is 0 Å². The molecular formula is C10H10N2O2S. The molecule has 5 heteroatoms. The number of nitrogen functional groups attached to an aromatic ring is 1. The summed E-state index contributed by atoms with van der Waals surface area (Å²) in [6.45, 7) is 0. The molecule has 78 valence electrons. The Balaban J connectivity index is 2.59. The smallest absolute Gasteiger partial charge is 0.311 e. The van der Waals surface area contributed by atoms with E-state index in [0.717, 1.165) is 17.7 Å². The molecule has 0 aromatic carbocycles. The fourth-order valence-corrected chi connectivity index (χ4v) is 3.16. The number of aryl methyl sites for hydroxylation is 1. The lowest BCUT2D eigenvalue weighted by Crippen LogP contribution is -2.17. The van der Waals surface area contributed by atoms with E-state index in [0.29, 0.717) is 22.5 Å². The topological polar surface area (TPSA) is 87.1 Å². The van der Waals surface area contributed by atoms with Crippen molar-refractivity contribution in [2.45, 2.75) is 25.2 Å². The van der Waals surface area contributed by atoms with Crippen molar-refractivity contribution in [1.29, 1.82) is 5.26 Å². The standard InChI is InChI=1S/C10H10N2O2S/c11-4-6-8-5(10(13)14)2-1-3-7(8)15-9(6)12/h5H,1-3,12H2,(H,13,14)/t5-/m1/s1. The zero-order chi connectivity index (χ0) is 11.0. The Labute approximate surface area is 90.9 Å². The van der Waals surface area contributed by atoms with Crippen molar-refractivity contribution < 1.29 is 9.90 Å². The summed E-state index contributed by atoms with van der Waals surface area (Å²) in [6.07, 6.45) is 2.30. The Morgan fingerprint density at radius 1 is 1.67 bits per heavy atom. The van der Waals surface area contributed by atoms with Crippen LogP contribution >= 0.6 is 11.3 Å². The van der Waals surface area contributed by atoms with Crippen molar-refractivity contribution in [3.8, 4) is 6.07 Å². The third-order valence-electron chi connectivity index (χ3n) is 2.70. The predicted molar refractivity (Wildman–Crippen MR) is 56.8 cm³/mol. The molecule has 1 heterocycles. The molecule has 1 aliphatic carbocycles. The summed E-state index contributed by atoms with van der Waals surface area (Å²) in [5.74, 6) is -1.40. The fraction of sp³-hybridized carbons (Fsp3) is 0.400. The van der Waals surface area contributed by atoms with Crippen molar-refractivity contribution in [3.63, 3.8) is 0 Å². The van der Waals surface area contributed by atoms with E-state index in [-0.39, 0.29) is 0 Å². The van der Waals surface area contributed by atoms with Crippen LogP contribution in [0.3, 0.4) is 0 Å². The van der Waals surface area contributed by atoms with Gasteiger partial charge in [0.2, 0.25) is 0 Å². The van der Waals surface area contributed by atoms with E-state index >= 15 is 0 Å². The highest BCUT2D eigenvalue weighted by molar-refractivity contribution is 7.16. The van der Waals surface area contributed by atoms with Gasteiger partial charge in [0.15, 0.2) is 0 Å². The van der Waals surface area contributed by atoms with Crippen molar-refractivity contribution in [1.82, 2.24) is 0 Å². The van der Waals surface area contributed by atoms with E-state index in [2.05, 4.69) is 0 Å². The summed E-state index contributed by atoms with van der Waals surface area (Å²) in [4.78, 5) is 12.0. The van der Waals surface area contributed by atoms with E-state index in [1.807, 2.05) is 6.07 Å². The lowest BCUT2D eigenvalue weighted by Gasteiger charge is -2.18. The first kappa shape index (κ1) is 9.99. The average Bonchev–Trinajstić information content (AvgIpc) is 2.52. The minimum atomic E-state index is -0.856. The van der Waals surface area contributed by atoms with Crippen molar-refractivity contribution in [2.24, 2.45) is 0 Å². The van der Waals surface area contributed by atoms with Gasteiger partial charge >= 0.3 is 5.97 Å². The zero-order valence-electron chi connectivity index (χ0n) is 7.99. The summed E-state index contributed by atoms with van der Waals surface area (Å²) in [6, 6.07) is 2.01. The highest BCUT2D eigenvalue weighted by atomic mass is 32.1. The zero-order valence-corrected chi connectivity index (χ0v) is 8.80. The third-order valence-corrected chi connectivity index (χ3v) is 3.80. The number of hydrogen-bond donors (Lipinski definition) is 2. The van der Waals surface area contributed by atoms with Crippen molar-refractivity contribution >= 4 is 22.3 Å².